The zero-order valence-electron chi connectivity index (χ0n) is 13.0. The first-order valence-corrected chi connectivity index (χ1v) is 10.9. The van der Waals surface area contributed by atoms with E-state index in [2.05, 4.69) is 29.6 Å². The molecular weight excluding hydrogens is 272 g/mol. The molecule has 5 nitrogen and oxygen atoms in total. The number of H-pyrrole nitrogens is 1. The fraction of sp³-hybridized carbons (Fsp3) is 0.714. The van der Waals surface area contributed by atoms with Crippen LogP contribution in [-0.4, -0.2) is 37.2 Å². The highest BCUT2D eigenvalue weighted by atomic mass is 28.3. The second-order valence-electron chi connectivity index (χ2n) is 6.01. The van der Waals surface area contributed by atoms with Crippen LogP contribution in [0.3, 0.4) is 0 Å². The largest absolute Gasteiger partial charge is 0.466 e. The van der Waals surface area contributed by atoms with Crippen LogP contribution in [-0.2, 0) is 27.3 Å². The van der Waals surface area contributed by atoms with Gasteiger partial charge in [0.05, 0.1) is 25.3 Å². The number of nitrogens with zero attached hydrogens (tertiary/aromatic N) is 1. The summed E-state index contributed by atoms with van der Waals surface area (Å²) in [7, 11) is -1.03. The first kappa shape index (κ1) is 16.9. The summed E-state index contributed by atoms with van der Waals surface area (Å²) in [6, 6.07) is 1.16. The van der Waals surface area contributed by atoms with Gasteiger partial charge in [-0.05, 0) is 13.0 Å². The van der Waals surface area contributed by atoms with Gasteiger partial charge >= 0.3 is 5.97 Å². The van der Waals surface area contributed by atoms with Gasteiger partial charge in [0.1, 0.15) is 5.82 Å². The van der Waals surface area contributed by atoms with Crippen LogP contribution in [0, 0.1) is 0 Å². The Hall–Kier alpha value is -1.14. The molecule has 6 heteroatoms. The van der Waals surface area contributed by atoms with Crippen molar-refractivity contribution in [3.8, 4) is 0 Å². The van der Waals surface area contributed by atoms with Crippen LogP contribution in [0.2, 0.25) is 25.7 Å². The third kappa shape index (κ3) is 7.45. The molecule has 1 heterocycles. The molecule has 0 aliphatic heterocycles. The van der Waals surface area contributed by atoms with Gasteiger partial charge in [-0.2, -0.15) is 0 Å². The second kappa shape index (κ2) is 8.21. The minimum absolute atomic E-state index is 0.183. The van der Waals surface area contributed by atoms with Gasteiger partial charge < -0.3 is 14.5 Å². The summed E-state index contributed by atoms with van der Waals surface area (Å²) < 4.78 is 10.5. The summed E-state index contributed by atoms with van der Waals surface area (Å²) >= 11 is 0. The number of carbonyl (C=O) groups is 1. The van der Waals surface area contributed by atoms with Crippen LogP contribution >= 0.6 is 0 Å². The quantitative estimate of drug-likeness (QED) is 0.432. The minimum atomic E-state index is -1.03. The van der Waals surface area contributed by atoms with Gasteiger partial charge in [-0.1, -0.05) is 19.6 Å². The van der Waals surface area contributed by atoms with E-state index < -0.39 is 8.07 Å². The van der Waals surface area contributed by atoms with Gasteiger partial charge in [-0.3, -0.25) is 4.79 Å². The van der Waals surface area contributed by atoms with Gasteiger partial charge in [0.25, 0.3) is 0 Å². The summed E-state index contributed by atoms with van der Waals surface area (Å²) in [5.41, 5.74) is 0.888. The Morgan fingerprint density at radius 3 is 2.80 bits per heavy atom. The van der Waals surface area contributed by atoms with Crippen molar-refractivity contribution in [3.63, 3.8) is 0 Å². The molecule has 0 radical (unpaired) electrons. The maximum absolute atomic E-state index is 11.2. The number of ether oxygens (including phenoxy) is 2. The number of imidazole rings is 1. The van der Waals surface area contributed by atoms with Crippen LogP contribution in [0.4, 0.5) is 0 Å². The molecule has 0 saturated heterocycles. The third-order valence-corrected chi connectivity index (χ3v) is 4.51. The Balaban J connectivity index is 2.24. The second-order valence-corrected chi connectivity index (χ2v) is 11.6. The van der Waals surface area contributed by atoms with Gasteiger partial charge in [0, 0.05) is 27.3 Å². The molecule has 0 aliphatic rings. The molecule has 0 spiro atoms. The van der Waals surface area contributed by atoms with Crippen molar-refractivity contribution in [3.05, 3.63) is 17.7 Å². The van der Waals surface area contributed by atoms with Crippen LogP contribution in [0.1, 0.15) is 24.9 Å². The third-order valence-electron chi connectivity index (χ3n) is 2.80. The number of carbonyl (C=O) groups excluding carboxylic acids is 1. The normalized spacial score (nSPS) is 11.6. The average Bonchev–Trinajstić information content (AvgIpc) is 2.79. The van der Waals surface area contributed by atoms with Gasteiger partial charge in [0.15, 0.2) is 0 Å². The van der Waals surface area contributed by atoms with Crippen LogP contribution < -0.4 is 0 Å². The maximum atomic E-state index is 11.2. The van der Waals surface area contributed by atoms with Gasteiger partial charge in [-0.15, -0.1) is 0 Å². The van der Waals surface area contributed by atoms with E-state index in [4.69, 9.17) is 9.47 Å². The lowest BCUT2D eigenvalue weighted by atomic mass is 10.3. The molecule has 1 N–H and O–H groups in total. The summed E-state index contributed by atoms with van der Waals surface area (Å²) in [5.74, 6) is 0.624. The molecule has 1 rings (SSSR count). The molecule has 0 bridgehead atoms. The lowest BCUT2D eigenvalue weighted by Gasteiger charge is -2.14. The number of hydrogen-bond donors (Lipinski definition) is 1. The summed E-state index contributed by atoms with van der Waals surface area (Å²) in [4.78, 5) is 18.7. The molecular formula is C14H26N2O3Si. The number of nitrogens with one attached hydrogen (secondary N) is 1. The van der Waals surface area contributed by atoms with Gasteiger partial charge in [-0.25, -0.2) is 4.98 Å². The Labute approximate surface area is 122 Å². The van der Waals surface area contributed by atoms with Crippen LogP contribution in [0.25, 0.3) is 0 Å². The molecule has 0 fully saturated rings. The Morgan fingerprint density at radius 2 is 2.15 bits per heavy atom. The number of hydrogen-bond acceptors (Lipinski definition) is 4. The monoisotopic (exact) mass is 298 g/mol. The average molecular weight is 298 g/mol. The highest BCUT2D eigenvalue weighted by molar-refractivity contribution is 6.76. The highest BCUT2D eigenvalue weighted by Crippen LogP contribution is 2.09. The first-order valence-electron chi connectivity index (χ1n) is 7.17. The summed E-state index contributed by atoms with van der Waals surface area (Å²) in [6.07, 6.45) is 2.78. The van der Waals surface area contributed by atoms with E-state index in [-0.39, 0.29) is 5.97 Å². The van der Waals surface area contributed by atoms with E-state index >= 15 is 0 Å². The molecule has 114 valence electrons. The van der Waals surface area contributed by atoms with Crippen molar-refractivity contribution in [1.82, 2.24) is 9.97 Å². The highest BCUT2D eigenvalue weighted by Gasteiger charge is 2.12. The maximum Gasteiger partial charge on any atom is 0.306 e. The lowest BCUT2D eigenvalue weighted by molar-refractivity contribution is -0.143. The lowest BCUT2D eigenvalue weighted by Crippen LogP contribution is -2.21. The summed E-state index contributed by atoms with van der Waals surface area (Å²) in [6.45, 7) is 10.5. The van der Waals surface area contributed by atoms with Crippen molar-refractivity contribution in [2.75, 3.05) is 13.2 Å². The fourth-order valence-corrected chi connectivity index (χ4v) is 2.37. The number of aromatic nitrogens is 2. The number of aromatic amines is 1. The zero-order valence-corrected chi connectivity index (χ0v) is 14.0. The molecule has 1 aromatic rings. The Bertz CT molecular complexity index is 413. The topological polar surface area (TPSA) is 64.2 Å². The molecule has 1 aromatic heterocycles. The van der Waals surface area contributed by atoms with Crippen molar-refractivity contribution < 1.29 is 14.3 Å². The summed E-state index contributed by atoms with van der Waals surface area (Å²) in [5, 5.41) is 0. The van der Waals surface area contributed by atoms with E-state index in [1.165, 1.54) is 0 Å². The first-order chi connectivity index (χ1) is 9.40. The predicted molar refractivity (Wildman–Crippen MR) is 81.4 cm³/mol. The van der Waals surface area contributed by atoms with Gasteiger partial charge in [0.2, 0.25) is 0 Å². The number of aryl methyl sites for hydroxylation is 1. The fourth-order valence-electron chi connectivity index (χ4n) is 1.62. The number of esters is 1. The standard InChI is InChI=1S/C14H26N2O3Si/c1-5-19-14(17)7-6-13-15-10-12(16-13)11-18-8-9-20(2,3)4/h10H,5-9,11H2,1-4H3,(H,15,16). The van der Waals surface area contributed by atoms with E-state index in [0.29, 0.717) is 26.1 Å². The van der Waals surface area contributed by atoms with Crippen LogP contribution in [0.15, 0.2) is 6.20 Å². The molecule has 0 amide bonds. The minimum Gasteiger partial charge on any atom is -0.466 e. The van der Waals surface area contributed by atoms with Crippen molar-refractivity contribution in [2.24, 2.45) is 0 Å². The predicted octanol–water partition coefficient (Wildman–Crippen LogP) is 2.76. The SMILES string of the molecule is CCOC(=O)CCc1nc(COCC[Si](C)(C)C)c[nH]1. The van der Waals surface area contributed by atoms with E-state index in [9.17, 15) is 4.79 Å². The molecule has 0 aromatic carbocycles. The van der Waals surface area contributed by atoms with E-state index in [1.54, 1.807) is 6.92 Å². The molecule has 0 aliphatic carbocycles. The zero-order chi connectivity index (χ0) is 15.0. The smallest absolute Gasteiger partial charge is 0.306 e. The molecule has 20 heavy (non-hydrogen) atoms. The Kier molecular flexibility index (Phi) is 6.94. The van der Waals surface area contributed by atoms with Crippen molar-refractivity contribution >= 4 is 14.0 Å². The molecule has 0 unspecified atom stereocenters. The van der Waals surface area contributed by atoms with E-state index in [0.717, 1.165) is 24.2 Å². The number of rotatable bonds is 9. The Morgan fingerprint density at radius 1 is 1.40 bits per heavy atom. The van der Waals surface area contributed by atoms with Crippen LogP contribution in [0.5, 0.6) is 0 Å². The van der Waals surface area contributed by atoms with E-state index in [1.807, 2.05) is 6.20 Å². The molecule has 0 atom stereocenters. The molecule has 0 saturated carbocycles. The van der Waals surface area contributed by atoms with Crippen molar-refractivity contribution in [1.29, 1.82) is 0 Å². The van der Waals surface area contributed by atoms with Crippen molar-refractivity contribution in [2.45, 2.75) is 52.1 Å².